The Morgan fingerprint density at radius 1 is 1.36 bits per heavy atom. The lowest BCUT2D eigenvalue weighted by Crippen LogP contribution is -2.42. The highest BCUT2D eigenvalue weighted by Crippen LogP contribution is 2.13. The molecular formula is C16H21N3O3. The molecular weight excluding hydrogens is 282 g/mol. The predicted octanol–water partition coefficient (Wildman–Crippen LogP) is 0.989. The number of aromatic nitrogens is 2. The molecule has 1 amide bonds. The molecule has 0 bridgehead atoms. The van der Waals surface area contributed by atoms with Crippen molar-refractivity contribution in [2.24, 2.45) is 5.92 Å². The SMILES string of the molecule is CC[C@@H](C)[C@@H](CO)NC(=O)Cc1n[nH]c(=O)c2ccccc12. The smallest absolute Gasteiger partial charge is 0.272 e. The fourth-order valence-electron chi connectivity index (χ4n) is 2.37. The van der Waals surface area contributed by atoms with Crippen molar-refractivity contribution in [3.05, 3.63) is 40.3 Å². The molecule has 0 aliphatic carbocycles. The second kappa shape index (κ2) is 7.17. The van der Waals surface area contributed by atoms with Gasteiger partial charge in [0.25, 0.3) is 5.56 Å². The van der Waals surface area contributed by atoms with Crippen molar-refractivity contribution in [1.29, 1.82) is 0 Å². The topological polar surface area (TPSA) is 95.1 Å². The summed E-state index contributed by atoms with van der Waals surface area (Å²) in [5, 5.41) is 19.8. The summed E-state index contributed by atoms with van der Waals surface area (Å²) in [6, 6.07) is 6.78. The molecule has 0 spiro atoms. The van der Waals surface area contributed by atoms with Gasteiger partial charge in [-0.2, -0.15) is 5.10 Å². The van der Waals surface area contributed by atoms with Crippen LogP contribution in [0, 0.1) is 5.92 Å². The molecule has 2 aromatic rings. The lowest BCUT2D eigenvalue weighted by atomic mass is 9.99. The van der Waals surface area contributed by atoms with E-state index in [-0.39, 0.29) is 36.5 Å². The third kappa shape index (κ3) is 3.51. The Morgan fingerprint density at radius 2 is 2.05 bits per heavy atom. The zero-order chi connectivity index (χ0) is 16.1. The van der Waals surface area contributed by atoms with E-state index in [9.17, 15) is 14.7 Å². The van der Waals surface area contributed by atoms with Crippen molar-refractivity contribution in [3.63, 3.8) is 0 Å². The molecule has 0 aliphatic heterocycles. The van der Waals surface area contributed by atoms with Crippen LogP contribution in [0.4, 0.5) is 0 Å². The number of carbonyl (C=O) groups excluding carboxylic acids is 1. The van der Waals surface area contributed by atoms with Crippen LogP contribution in [-0.2, 0) is 11.2 Å². The van der Waals surface area contributed by atoms with Gasteiger partial charge in [-0.1, -0.05) is 38.5 Å². The van der Waals surface area contributed by atoms with Crippen LogP contribution >= 0.6 is 0 Å². The first-order valence-electron chi connectivity index (χ1n) is 7.43. The number of aromatic amines is 1. The van der Waals surface area contributed by atoms with Crippen LogP contribution in [0.3, 0.4) is 0 Å². The second-order valence-electron chi connectivity index (χ2n) is 5.46. The molecule has 3 N–H and O–H groups in total. The van der Waals surface area contributed by atoms with Crippen molar-refractivity contribution < 1.29 is 9.90 Å². The van der Waals surface area contributed by atoms with Crippen molar-refractivity contribution in [2.75, 3.05) is 6.61 Å². The first kappa shape index (κ1) is 16.2. The molecule has 1 aromatic carbocycles. The van der Waals surface area contributed by atoms with E-state index in [2.05, 4.69) is 15.5 Å². The van der Waals surface area contributed by atoms with Gasteiger partial charge in [0.05, 0.1) is 30.1 Å². The minimum Gasteiger partial charge on any atom is -0.394 e. The van der Waals surface area contributed by atoms with Gasteiger partial charge in [-0.3, -0.25) is 9.59 Å². The van der Waals surface area contributed by atoms with E-state index < -0.39 is 0 Å². The average Bonchev–Trinajstić information content (AvgIpc) is 2.54. The van der Waals surface area contributed by atoms with Crippen LogP contribution in [0.2, 0.25) is 0 Å². The van der Waals surface area contributed by atoms with Crippen molar-refractivity contribution >= 4 is 16.7 Å². The van der Waals surface area contributed by atoms with Crippen LogP contribution in [0.25, 0.3) is 10.8 Å². The Kier molecular flexibility index (Phi) is 5.27. The van der Waals surface area contributed by atoms with E-state index in [1.165, 1.54) is 0 Å². The number of hydrogen-bond acceptors (Lipinski definition) is 4. The number of aliphatic hydroxyl groups excluding tert-OH is 1. The molecule has 2 atom stereocenters. The Morgan fingerprint density at radius 3 is 2.68 bits per heavy atom. The Hall–Kier alpha value is -2.21. The summed E-state index contributed by atoms with van der Waals surface area (Å²) < 4.78 is 0. The molecule has 0 aliphatic rings. The molecule has 0 saturated carbocycles. The van der Waals surface area contributed by atoms with Crippen molar-refractivity contribution in [1.82, 2.24) is 15.5 Å². The Balaban J connectivity index is 2.19. The van der Waals surface area contributed by atoms with E-state index in [0.29, 0.717) is 16.5 Å². The van der Waals surface area contributed by atoms with Gasteiger partial charge in [-0.15, -0.1) is 0 Å². The molecule has 0 saturated heterocycles. The van der Waals surface area contributed by atoms with Crippen LogP contribution < -0.4 is 10.9 Å². The summed E-state index contributed by atoms with van der Waals surface area (Å²) >= 11 is 0. The molecule has 6 nitrogen and oxygen atoms in total. The summed E-state index contributed by atoms with van der Waals surface area (Å²) in [4.78, 5) is 23.9. The van der Waals surface area contributed by atoms with Gasteiger partial charge in [0.1, 0.15) is 0 Å². The summed E-state index contributed by atoms with van der Waals surface area (Å²) in [7, 11) is 0. The summed E-state index contributed by atoms with van der Waals surface area (Å²) in [6.07, 6.45) is 0.926. The predicted molar refractivity (Wildman–Crippen MR) is 84.5 cm³/mol. The molecule has 118 valence electrons. The fourth-order valence-corrected chi connectivity index (χ4v) is 2.37. The van der Waals surface area contributed by atoms with E-state index in [0.717, 1.165) is 6.42 Å². The highest BCUT2D eigenvalue weighted by atomic mass is 16.3. The molecule has 2 rings (SSSR count). The van der Waals surface area contributed by atoms with Crippen molar-refractivity contribution in [2.45, 2.75) is 32.7 Å². The first-order valence-corrected chi connectivity index (χ1v) is 7.43. The molecule has 1 heterocycles. The largest absolute Gasteiger partial charge is 0.394 e. The number of aliphatic hydroxyl groups is 1. The molecule has 22 heavy (non-hydrogen) atoms. The second-order valence-corrected chi connectivity index (χ2v) is 5.46. The number of hydrogen-bond donors (Lipinski definition) is 3. The number of benzene rings is 1. The quantitative estimate of drug-likeness (QED) is 0.741. The molecule has 1 aromatic heterocycles. The Bertz CT molecular complexity index is 711. The van der Waals surface area contributed by atoms with Crippen LogP contribution in [0.15, 0.2) is 29.1 Å². The number of carbonyl (C=O) groups is 1. The molecule has 0 radical (unpaired) electrons. The van der Waals surface area contributed by atoms with Gasteiger partial charge in [0, 0.05) is 5.39 Å². The van der Waals surface area contributed by atoms with E-state index in [1.807, 2.05) is 13.8 Å². The van der Waals surface area contributed by atoms with E-state index in [4.69, 9.17) is 0 Å². The zero-order valence-corrected chi connectivity index (χ0v) is 12.8. The third-order valence-electron chi connectivity index (χ3n) is 3.98. The molecule has 0 unspecified atom stereocenters. The van der Waals surface area contributed by atoms with Gasteiger partial charge in [-0.05, 0) is 12.0 Å². The van der Waals surface area contributed by atoms with Gasteiger partial charge >= 0.3 is 0 Å². The number of nitrogens with one attached hydrogen (secondary N) is 2. The maximum atomic E-state index is 12.2. The van der Waals surface area contributed by atoms with Gasteiger partial charge in [-0.25, -0.2) is 5.10 Å². The number of fused-ring (bicyclic) bond motifs is 1. The number of amides is 1. The monoisotopic (exact) mass is 303 g/mol. The third-order valence-corrected chi connectivity index (χ3v) is 3.98. The fraction of sp³-hybridized carbons (Fsp3) is 0.438. The zero-order valence-electron chi connectivity index (χ0n) is 12.8. The highest BCUT2D eigenvalue weighted by Gasteiger charge is 2.18. The van der Waals surface area contributed by atoms with Crippen LogP contribution in [0.5, 0.6) is 0 Å². The highest BCUT2D eigenvalue weighted by molar-refractivity contribution is 5.88. The lowest BCUT2D eigenvalue weighted by molar-refractivity contribution is -0.121. The maximum Gasteiger partial charge on any atom is 0.272 e. The Labute approximate surface area is 128 Å². The first-order chi connectivity index (χ1) is 10.6. The van der Waals surface area contributed by atoms with Crippen LogP contribution in [0.1, 0.15) is 26.0 Å². The minimum absolute atomic E-state index is 0.0597. The average molecular weight is 303 g/mol. The lowest BCUT2D eigenvalue weighted by Gasteiger charge is -2.22. The van der Waals surface area contributed by atoms with Crippen molar-refractivity contribution in [3.8, 4) is 0 Å². The number of nitrogens with zero attached hydrogens (tertiary/aromatic N) is 1. The van der Waals surface area contributed by atoms with E-state index in [1.54, 1.807) is 24.3 Å². The molecule has 0 fully saturated rings. The summed E-state index contributed by atoms with van der Waals surface area (Å²) in [5.41, 5.74) is 0.251. The van der Waals surface area contributed by atoms with Gasteiger partial charge in [0.15, 0.2) is 0 Å². The van der Waals surface area contributed by atoms with E-state index >= 15 is 0 Å². The van der Waals surface area contributed by atoms with Gasteiger partial charge in [0.2, 0.25) is 5.91 Å². The maximum absolute atomic E-state index is 12.2. The normalized spacial score (nSPS) is 13.8. The summed E-state index contributed by atoms with van der Waals surface area (Å²) in [6.45, 7) is 3.89. The molecule has 6 heteroatoms. The summed E-state index contributed by atoms with van der Waals surface area (Å²) in [5.74, 6) is -0.0294. The standard InChI is InChI=1S/C16H21N3O3/c1-3-10(2)14(9-20)17-15(21)8-13-11-6-4-5-7-12(11)16(22)19-18-13/h4-7,10,14,20H,3,8-9H2,1-2H3,(H,17,21)(H,19,22)/t10-,14-/m1/s1. The number of H-pyrrole nitrogens is 1. The number of rotatable bonds is 6. The van der Waals surface area contributed by atoms with Gasteiger partial charge < -0.3 is 10.4 Å². The van der Waals surface area contributed by atoms with Crippen LogP contribution in [-0.4, -0.2) is 33.9 Å². The minimum atomic E-state index is -0.272.